The van der Waals surface area contributed by atoms with Gasteiger partial charge in [-0.05, 0) is 25.0 Å². The van der Waals surface area contributed by atoms with Crippen molar-refractivity contribution in [3.05, 3.63) is 63.7 Å². The summed E-state index contributed by atoms with van der Waals surface area (Å²) in [5.41, 5.74) is 3.23. The molecule has 1 N–H and O–H groups in total. The van der Waals surface area contributed by atoms with E-state index in [0.29, 0.717) is 32.0 Å². The van der Waals surface area contributed by atoms with Crippen molar-refractivity contribution in [1.29, 1.82) is 0 Å². The molecule has 2 aromatic heterocycles. The van der Waals surface area contributed by atoms with Crippen LogP contribution in [-0.2, 0) is 24.3 Å². The van der Waals surface area contributed by atoms with Crippen LogP contribution in [0.5, 0.6) is 0 Å². The second-order valence-corrected chi connectivity index (χ2v) is 7.50. The molecule has 0 radical (unpaired) electrons. The number of aromatic nitrogens is 3. The molecular formula is C21H22N4O3. The van der Waals surface area contributed by atoms with Gasteiger partial charge < -0.3 is 14.6 Å². The first-order valence-corrected chi connectivity index (χ1v) is 9.75. The first-order chi connectivity index (χ1) is 13.7. The molecule has 0 bridgehead atoms. The van der Waals surface area contributed by atoms with Crippen molar-refractivity contribution in [3.8, 4) is 0 Å². The second-order valence-electron chi connectivity index (χ2n) is 7.50. The molecule has 0 saturated carbocycles. The highest BCUT2D eigenvalue weighted by atomic mass is 16.5. The van der Waals surface area contributed by atoms with Crippen molar-refractivity contribution in [2.24, 2.45) is 0 Å². The van der Waals surface area contributed by atoms with Crippen LogP contribution in [0.1, 0.15) is 34.6 Å². The summed E-state index contributed by atoms with van der Waals surface area (Å²) in [5, 5.41) is 5.58. The Balaban J connectivity index is 1.39. The van der Waals surface area contributed by atoms with E-state index in [1.807, 2.05) is 35.2 Å². The highest BCUT2D eigenvalue weighted by Crippen LogP contribution is 2.23. The van der Waals surface area contributed by atoms with Crippen LogP contribution in [0, 0.1) is 0 Å². The third-order valence-electron chi connectivity index (χ3n) is 5.69. The second kappa shape index (κ2) is 6.91. The van der Waals surface area contributed by atoms with E-state index in [9.17, 15) is 9.59 Å². The number of fused-ring (bicyclic) bond motifs is 2. The minimum absolute atomic E-state index is 0.0156. The number of nitrogens with one attached hydrogen (secondary N) is 1. The van der Waals surface area contributed by atoms with Crippen molar-refractivity contribution < 1.29 is 9.53 Å². The van der Waals surface area contributed by atoms with Crippen molar-refractivity contribution in [2.75, 3.05) is 13.2 Å². The molecule has 3 aromatic rings. The lowest BCUT2D eigenvalue weighted by Gasteiger charge is -2.25. The summed E-state index contributed by atoms with van der Waals surface area (Å²) in [6.07, 6.45) is 2.53. The maximum Gasteiger partial charge on any atom is 0.270 e. The van der Waals surface area contributed by atoms with E-state index in [0.717, 1.165) is 41.4 Å². The first-order valence-electron chi connectivity index (χ1n) is 9.75. The number of para-hydroxylation sites is 1. The Hall–Kier alpha value is -2.93. The van der Waals surface area contributed by atoms with Crippen molar-refractivity contribution in [1.82, 2.24) is 19.7 Å². The largest absolute Gasteiger partial charge is 0.376 e. The van der Waals surface area contributed by atoms with E-state index >= 15 is 0 Å². The Morgan fingerprint density at radius 1 is 1.29 bits per heavy atom. The topological polar surface area (TPSA) is 80.2 Å². The average molecular weight is 378 g/mol. The number of rotatable bonds is 3. The van der Waals surface area contributed by atoms with Crippen molar-refractivity contribution in [3.63, 3.8) is 0 Å². The molecule has 0 aliphatic carbocycles. The molecule has 1 fully saturated rings. The minimum Gasteiger partial charge on any atom is -0.376 e. The molecule has 1 saturated heterocycles. The molecule has 1 atom stereocenters. The third-order valence-corrected chi connectivity index (χ3v) is 5.69. The van der Waals surface area contributed by atoms with Crippen LogP contribution in [0.25, 0.3) is 10.9 Å². The van der Waals surface area contributed by atoms with Gasteiger partial charge in [0.05, 0.1) is 31.5 Å². The summed E-state index contributed by atoms with van der Waals surface area (Å²) in [5.74, 6) is -0.0156. The maximum atomic E-state index is 13.1. The number of nitrogens with zero attached hydrogens (tertiary/aromatic N) is 3. The molecular weight excluding hydrogens is 356 g/mol. The summed E-state index contributed by atoms with van der Waals surface area (Å²) in [4.78, 5) is 30.7. The molecule has 2 aliphatic heterocycles. The molecule has 2 aliphatic rings. The molecule has 1 unspecified atom stereocenters. The van der Waals surface area contributed by atoms with Crippen LogP contribution in [0.15, 0.2) is 41.2 Å². The monoisotopic (exact) mass is 378 g/mol. The summed E-state index contributed by atoms with van der Waals surface area (Å²) in [7, 11) is 0. The molecule has 7 nitrogen and oxygen atoms in total. The van der Waals surface area contributed by atoms with E-state index in [4.69, 9.17) is 4.74 Å². The summed E-state index contributed by atoms with van der Waals surface area (Å²) in [6.45, 7) is 2.21. The lowest BCUT2D eigenvalue weighted by atomic mass is 10.1. The summed E-state index contributed by atoms with van der Waals surface area (Å²) >= 11 is 0. The number of aromatic amines is 1. The minimum atomic E-state index is -0.130. The normalized spacial score (nSPS) is 19.1. The lowest BCUT2D eigenvalue weighted by molar-refractivity contribution is 0.0714. The van der Waals surface area contributed by atoms with Crippen LogP contribution >= 0.6 is 0 Å². The van der Waals surface area contributed by atoms with Gasteiger partial charge in [0.15, 0.2) is 0 Å². The zero-order valence-corrected chi connectivity index (χ0v) is 15.6. The van der Waals surface area contributed by atoms with E-state index in [2.05, 4.69) is 10.1 Å². The Morgan fingerprint density at radius 3 is 3.07 bits per heavy atom. The quantitative estimate of drug-likeness (QED) is 0.757. The fourth-order valence-electron chi connectivity index (χ4n) is 4.22. The predicted octanol–water partition coefficient (Wildman–Crippen LogP) is 2.10. The van der Waals surface area contributed by atoms with Gasteiger partial charge in [0.25, 0.3) is 11.5 Å². The number of H-pyrrole nitrogens is 1. The predicted molar refractivity (Wildman–Crippen MR) is 104 cm³/mol. The standard InChI is InChI=1S/C21H22N4O3/c26-20-11-15-13-28-9-7-18(15)23-25(20)12-16-5-3-8-24(16)21(27)19-10-14-4-1-2-6-17(14)22-19/h1-2,4,6,10-11,16,22H,3,5,7-9,12-13H2. The van der Waals surface area contributed by atoms with Crippen molar-refractivity contribution >= 4 is 16.8 Å². The smallest absolute Gasteiger partial charge is 0.270 e. The van der Waals surface area contributed by atoms with Gasteiger partial charge in [-0.2, -0.15) is 5.10 Å². The van der Waals surface area contributed by atoms with E-state index < -0.39 is 0 Å². The summed E-state index contributed by atoms with van der Waals surface area (Å²) < 4.78 is 6.92. The molecule has 1 aromatic carbocycles. The molecule has 4 heterocycles. The molecule has 1 amide bonds. The van der Waals surface area contributed by atoms with Gasteiger partial charge in [0, 0.05) is 35.5 Å². The molecule has 7 heteroatoms. The highest BCUT2D eigenvalue weighted by Gasteiger charge is 2.31. The zero-order chi connectivity index (χ0) is 19.1. The van der Waals surface area contributed by atoms with Crippen LogP contribution in [0.3, 0.4) is 0 Å². The molecule has 5 rings (SSSR count). The zero-order valence-electron chi connectivity index (χ0n) is 15.6. The Bertz CT molecular complexity index is 1070. The van der Waals surface area contributed by atoms with Gasteiger partial charge >= 0.3 is 0 Å². The Kier molecular flexibility index (Phi) is 4.24. The fraction of sp³-hybridized carbons (Fsp3) is 0.381. The maximum absolute atomic E-state index is 13.1. The Morgan fingerprint density at radius 2 is 2.18 bits per heavy atom. The number of amides is 1. The highest BCUT2D eigenvalue weighted by molar-refractivity contribution is 5.98. The fourth-order valence-corrected chi connectivity index (χ4v) is 4.22. The van der Waals surface area contributed by atoms with Gasteiger partial charge in [0.2, 0.25) is 0 Å². The molecule has 28 heavy (non-hydrogen) atoms. The van der Waals surface area contributed by atoms with Gasteiger partial charge in [-0.3, -0.25) is 9.59 Å². The number of carbonyl (C=O) groups excluding carboxylic acids is 1. The van der Waals surface area contributed by atoms with Gasteiger partial charge in [0.1, 0.15) is 5.69 Å². The van der Waals surface area contributed by atoms with E-state index in [-0.39, 0.29) is 17.5 Å². The van der Waals surface area contributed by atoms with E-state index in [1.54, 1.807) is 6.07 Å². The number of hydrogen-bond donors (Lipinski definition) is 1. The lowest BCUT2D eigenvalue weighted by Crippen LogP contribution is -2.41. The van der Waals surface area contributed by atoms with Crippen LogP contribution < -0.4 is 5.56 Å². The van der Waals surface area contributed by atoms with Gasteiger partial charge in [-0.1, -0.05) is 18.2 Å². The van der Waals surface area contributed by atoms with E-state index in [1.165, 1.54) is 4.68 Å². The number of benzene rings is 1. The third kappa shape index (κ3) is 3.01. The van der Waals surface area contributed by atoms with Gasteiger partial charge in [-0.15, -0.1) is 0 Å². The number of ether oxygens (including phenoxy) is 1. The SMILES string of the molecule is O=C(c1cc2ccccc2[nH]1)N1CCCC1Cn1nc2c(cc1=O)COCC2. The summed E-state index contributed by atoms with van der Waals surface area (Å²) in [6, 6.07) is 11.4. The Labute approximate surface area is 161 Å². The first kappa shape index (κ1) is 17.2. The number of likely N-dealkylation sites (tertiary alicyclic amines) is 1. The van der Waals surface area contributed by atoms with Gasteiger partial charge in [-0.25, -0.2) is 4.68 Å². The van der Waals surface area contributed by atoms with Crippen molar-refractivity contribution in [2.45, 2.75) is 38.5 Å². The molecule has 0 spiro atoms. The molecule has 144 valence electrons. The van der Waals surface area contributed by atoms with Crippen LogP contribution in [0.4, 0.5) is 0 Å². The van der Waals surface area contributed by atoms with Crippen LogP contribution in [0.2, 0.25) is 0 Å². The average Bonchev–Trinajstić information content (AvgIpc) is 3.34. The number of carbonyl (C=O) groups is 1. The number of hydrogen-bond acceptors (Lipinski definition) is 4. The van der Waals surface area contributed by atoms with Crippen LogP contribution in [-0.4, -0.2) is 44.8 Å².